The van der Waals surface area contributed by atoms with Gasteiger partial charge in [-0.05, 0) is 48.6 Å². The minimum atomic E-state index is -2.17. The molecule has 3 rings (SSSR count). The SMILES string of the molecule is C#C[C@]1(CO[Si](C)(C)C(C)(C)C)O[C@@H](n2ccc3c(N)nc(Cl)nc32)C[C@@H]1OC(=O)C(CC)CC. The summed E-state index contributed by atoms with van der Waals surface area (Å²) in [5, 5.41) is 0.665. The lowest BCUT2D eigenvalue weighted by atomic mass is 9.97. The fourth-order valence-electron chi connectivity index (χ4n) is 3.97. The second-order valence-corrected chi connectivity index (χ2v) is 15.8. The van der Waals surface area contributed by atoms with Crippen molar-refractivity contribution in [2.75, 3.05) is 12.3 Å². The summed E-state index contributed by atoms with van der Waals surface area (Å²) in [5.41, 5.74) is 5.31. The lowest BCUT2D eigenvalue weighted by Gasteiger charge is -2.39. The Morgan fingerprint density at radius 2 is 2.06 bits per heavy atom. The van der Waals surface area contributed by atoms with Gasteiger partial charge in [0, 0.05) is 12.6 Å². The fourth-order valence-corrected chi connectivity index (χ4v) is 5.15. The molecule has 0 bridgehead atoms. The topological polar surface area (TPSA) is 101 Å². The van der Waals surface area contributed by atoms with Gasteiger partial charge < -0.3 is 24.2 Å². The highest BCUT2D eigenvalue weighted by atomic mass is 35.5. The van der Waals surface area contributed by atoms with E-state index in [1.807, 2.05) is 18.4 Å². The molecule has 8 nitrogen and oxygen atoms in total. The number of anilines is 1. The van der Waals surface area contributed by atoms with Gasteiger partial charge >= 0.3 is 5.97 Å². The molecule has 0 spiro atoms. The normalized spacial score (nSPS) is 23.1. The van der Waals surface area contributed by atoms with Crippen LogP contribution >= 0.6 is 11.6 Å². The smallest absolute Gasteiger partial charge is 0.309 e. The molecule has 1 fully saturated rings. The lowest BCUT2D eigenvalue weighted by molar-refractivity contribution is -0.163. The number of aromatic nitrogens is 3. The van der Waals surface area contributed by atoms with E-state index < -0.39 is 26.3 Å². The molecule has 3 atom stereocenters. The van der Waals surface area contributed by atoms with Crippen molar-refractivity contribution < 1.29 is 18.7 Å². The zero-order valence-corrected chi connectivity index (χ0v) is 23.5. The molecule has 0 amide bonds. The van der Waals surface area contributed by atoms with E-state index in [0.717, 1.165) is 0 Å². The Balaban J connectivity index is 1.99. The second-order valence-electron chi connectivity index (χ2n) is 10.7. The van der Waals surface area contributed by atoms with Crippen LogP contribution in [0.15, 0.2) is 12.3 Å². The van der Waals surface area contributed by atoms with Crippen LogP contribution < -0.4 is 5.73 Å². The first-order valence-corrected chi connectivity index (χ1v) is 15.4. The largest absolute Gasteiger partial charge is 0.458 e. The standard InChI is InChI=1S/C25H37ClN4O4Si/c1-9-16(10-2)22(31)33-18-14-19(30-13-12-17-20(27)28-23(26)29-21(17)30)34-25(18,11-3)15-32-35(7,8)24(4,5)6/h3,12-13,16,18-19H,9-10,14-15H2,1-2,4-8H3,(H2,27,28,29)/t18-,19+,25+/m0/s1. The molecule has 0 saturated carbocycles. The number of ether oxygens (including phenoxy) is 2. The minimum absolute atomic E-state index is 0.0235. The molecule has 10 heteroatoms. The van der Waals surface area contributed by atoms with Gasteiger partial charge in [0.15, 0.2) is 13.9 Å². The Bertz CT molecular complexity index is 1120. The van der Waals surface area contributed by atoms with Crippen LogP contribution in [0.25, 0.3) is 11.0 Å². The van der Waals surface area contributed by atoms with Gasteiger partial charge in [-0.25, -0.2) is 4.98 Å². The van der Waals surface area contributed by atoms with Gasteiger partial charge in [-0.3, -0.25) is 4.79 Å². The molecule has 1 aliphatic heterocycles. The summed E-state index contributed by atoms with van der Waals surface area (Å²) in [6, 6.07) is 1.80. The number of fused-ring (bicyclic) bond motifs is 1. The average molecular weight is 521 g/mol. The number of hydrogen-bond donors (Lipinski definition) is 1. The lowest BCUT2D eigenvalue weighted by Crippen LogP contribution is -2.50. The van der Waals surface area contributed by atoms with Crippen molar-refractivity contribution in [2.45, 2.75) is 89.9 Å². The van der Waals surface area contributed by atoms with Crippen LogP contribution in [0, 0.1) is 18.3 Å². The van der Waals surface area contributed by atoms with Crippen LogP contribution in [0.1, 0.15) is 60.1 Å². The Hall–Kier alpha value is -2.12. The summed E-state index contributed by atoms with van der Waals surface area (Å²) in [7, 11) is -2.17. The monoisotopic (exact) mass is 520 g/mol. The predicted octanol–water partition coefficient (Wildman–Crippen LogP) is 5.33. The van der Waals surface area contributed by atoms with Gasteiger partial charge in [-0.15, -0.1) is 6.42 Å². The first kappa shape index (κ1) is 27.5. The average Bonchev–Trinajstić information content (AvgIpc) is 3.34. The van der Waals surface area contributed by atoms with Crippen molar-refractivity contribution in [3.63, 3.8) is 0 Å². The van der Waals surface area contributed by atoms with Crippen molar-refractivity contribution in [3.8, 4) is 12.3 Å². The van der Waals surface area contributed by atoms with Crippen LogP contribution in [0.4, 0.5) is 5.82 Å². The van der Waals surface area contributed by atoms with E-state index in [9.17, 15) is 4.79 Å². The van der Waals surface area contributed by atoms with Gasteiger partial charge in [-0.2, -0.15) is 4.98 Å². The van der Waals surface area contributed by atoms with E-state index in [0.29, 0.717) is 30.3 Å². The maximum Gasteiger partial charge on any atom is 0.309 e. The maximum atomic E-state index is 13.0. The third-order valence-corrected chi connectivity index (χ3v) is 12.1. The molecule has 0 radical (unpaired) electrons. The van der Waals surface area contributed by atoms with E-state index in [1.54, 1.807) is 12.3 Å². The van der Waals surface area contributed by atoms with E-state index in [-0.39, 0.29) is 34.6 Å². The van der Waals surface area contributed by atoms with Crippen LogP contribution in [0.5, 0.6) is 0 Å². The van der Waals surface area contributed by atoms with Gasteiger partial charge in [0.2, 0.25) is 5.28 Å². The Morgan fingerprint density at radius 1 is 1.40 bits per heavy atom. The van der Waals surface area contributed by atoms with Crippen LogP contribution in [0.3, 0.4) is 0 Å². The number of hydrogen-bond acceptors (Lipinski definition) is 7. The van der Waals surface area contributed by atoms with E-state index in [1.165, 1.54) is 0 Å². The molecular weight excluding hydrogens is 484 g/mol. The molecule has 192 valence electrons. The maximum absolute atomic E-state index is 13.0. The zero-order valence-electron chi connectivity index (χ0n) is 21.7. The molecule has 0 aliphatic carbocycles. The predicted molar refractivity (Wildman–Crippen MR) is 140 cm³/mol. The number of rotatable bonds is 8. The van der Waals surface area contributed by atoms with Crippen molar-refractivity contribution in [2.24, 2.45) is 5.92 Å². The molecule has 2 aromatic heterocycles. The molecule has 1 aliphatic rings. The number of esters is 1. The van der Waals surface area contributed by atoms with Gasteiger partial charge in [0.05, 0.1) is 17.9 Å². The molecule has 3 heterocycles. The zero-order chi connectivity index (χ0) is 26.2. The van der Waals surface area contributed by atoms with Crippen LogP contribution in [-0.2, 0) is 18.7 Å². The second kappa shape index (κ2) is 10.1. The number of carbonyl (C=O) groups excluding carboxylic acids is 1. The summed E-state index contributed by atoms with van der Waals surface area (Å²) in [6.07, 6.45) is 8.35. The van der Waals surface area contributed by atoms with E-state index in [4.69, 9.17) is 37.7 Å². The number of carbonyl (C=O) groups is 1. The van der Waals surface area contributed by atoms with Crippen molar-refractivity contribution >= 4 is 42.7 Å². The first-order chi connectivity index (χ1) is 16.3. The van der Waals surface area contributed by atoms with E-state index >= 15 is 0 Å². The quantitative estimate of drug-likeness (QED) is 0.217. The summed E-state index contributed by atoms with van der Waals surface area (Å²) in [5.74, 6) is 2.59. The number of halogens is 1. The molecule has 0 aromatic carbocycles. The number of nitrogens with two attached hydrogens (primary N) is 1. The summed E-state index contributed by atoms with van der Waals surface area (Å²) < 4.78 is 20.8. The third-order valence-electron chi connectivity index (χ3n) is 7.44. The van der Waals surface area contributed by atoms with Crippen LogP contribution in [-0.4, -0.2) is 47.1 Å². The summed E-state index contributed by atoms with van der Waals surface area (Å²) >= 11 is 6.08. The van der Waals surface area contributed by atoms with Crippen molar-refractivity contribution in [3.05, 3.63) is 17.5 Å². The molecule has 2 N–H and O–H groups in total. The van der Waals surface area contributed by atoms with Crippen molar-refractivity contribution in [1.29, 1.82) is 0 Å². The number of terminal acetylenes is 1. The highest BCUT2D eigenvalue weighted by Crippen LogP contribution is 2.43. The first-order valence-electron chi connectivity index (χ1n) is 12.1. The summed E-state index contributed by atoms with van der Waals surface area (Å²) in [4.78, 5) is 21.3. The van der Waals surface area contributed by atoms with Gasteiger partial charge in [-0.1, -0.05) is 40.5 Å². The Kier molecular flexibility index (Phi) is 7.92. The molecule has 35 heavy (non-hydrogen) atoms. The number of nitrogens with zero attached hydrogens (tertiary/aromatic N) is 3. The summed E-state index contributed by atoms with van der Waals surface area (Å²) in [6.45, 7) is 14.8. The Morgan fingerprint density at radius 3 is 2.63 bits per heavy atom. The van der Waals surface area contributed by atoms with Gasteiger partial charge in [0.25, 0.3) is 0 Å². The van der Waals surface area contributed by atoms with E-state index in [2.05, 4.69) is 49.8 Å². The molecule has 0 unspecified atom stereocenters. The fraction of sp³-hybridized carbons (Fsp3) is 0.640. The van der Waals surface area contributed by atoms with Gasteiger partial charge in [0.1, 0.15) is 23.8 Å². The third kappa shape index (κ3) is 5.36. The highest BCUT2D eigenvalue weighted by Gasteiger charge is 2.53. The number of nitrogen functional groups attached to an aromatic ring is 1. The minimum Gasteiger partial charge on any atom is -0.458 e. The molecule has 2 aromatic rings. The highest BCUT2D eigenvalue weighted by molar-refractivity contribution is 6.74. The molecule has 1 saturated heterocycles. The Labute approximate surface area is 214 Å². The van der Waals surface area contributed by atoms with Crippen LogP contribution in [0.2, 0.25) is 23.4 Å². The van der Waals surface area contributed by atoms with Crippen molar-refractivity contribution in [1.82, 2.24) is 14.5 Å². The molecular formula is C25H37ClN4O4Si.